The molecular weight excluding hydrogens is 366 g/mol. The molecular formula is C21H29N7O. The number of aromatic nitrogens is 4. The van der Waals surface area contributed by atoms with E-state index in [1.54, 1.807) is 0 Å². The third-order valence-corrected chi connectivity index (χ3v) is 5.30. The highest BCUT2D eigenvalue weighted by Gasteiger charge is 2.20. The van der Waals surface area contributed by atoms with Crippen molar-refractivity contribution in [1.29, 1.82) is 0 Å². The molecule has 3 aromatic rings. The molecule has 1 fully saturated rings. The van der Waals surface area contributed by atoms with E-state index in [1.165, 1.54) is 5.56 Å². The number of aryl methyl sites for hydroxylation is 1. The minimum absolute atomic E-state index is 0. The molecule has 4 rings (SSSR count). The summed E-state index contributed by atoms with van der Waals surface area (Å²) in [4.78, 5) is 14.0. The molecule has 3 heterocycles. The van der Waals surface area contributed by atoms with Gasteiger partial charge < -0.3 is 19.5 Å². The molecule has 8 heteroatoms. The van der Waals surface area contributed by atoms with Crippen LogP contribution in [0.5, 0.6) is 0 Å². The van der Waals surface area contributed by atoms with Gasteiger partial charge in [-0.1, -0.05) is 19.1 Å². The summed E-state index contributed by atoms with van der Waals surface area (Å²) >= 11 is 0. The van der Waals surface area contributed by atoms with Gasteiger partial charge in [0.1, 0.15) is 5.82 Å². The molecule has 0 atom stereocenters. The Hall–Kier alpha value is -2.84. The lowest BCUT2D eigenvalue weighted by Gasteiger charge is -2.34. The van der Waals surface area contributed by atoms with Gasteiger partial charge in [0.15, 0.2) is 5.69 Å². The van der Waals surface area contributed by atoms with E-state index in [0.29, 0.717) is 17.5 Å². The van der Waals surface area contributed by atoms with Crippen LogP contribution in [0, 0.1) is 6.92 Å². The quantitative estimate of drug-likeness (QED) is 0.682. The Labute approximate surface area is 172 Å². The molecule has 0 spiro atoms. The van der Waals surface area contributed by atoms with Gasteiger partial charge in [0.2, 0.25) is 5.89 Å². The third-order valence-electron chi connectivity index (χ3n) is 5.30. The Kier molecular flexibility index (Phi) is 5.82. The average Bonchev–Trinajstić information content (AvgIpc) is 3.25. The van der Waals surface area contributed by atoms with Crippen LogP contribution >= 0.6 is 0 Å². The van der Waals surface area contributed by atoms with E-state index < -0.39 is 0 Å². The molecule has 0 aliphatic carbocycles. The predicted molar refractivity (Wildman–Crippen MR) is 115 cm³/mol. The van der Waals surface area contributed by atoms with Crippen molar-refractivity contribution in [1.82, 2.24) is 30.4 Å². The molecule has 29 heavy (non-hydrogen) atoms. The summed E-state index contributed by atoms with van der Waals surface area (Å²) in [6.45, 7) is 9.98. The SMILES string of the molecule is CCN1CCN(c2cnc(C)c(-c3nnc(-c4ccc(CNC)cc4)o3)n2)CC1.[HH]. The fourth-order valence-electron chi connectivity index (χ4n) is 3.49. The molecule has 1 aliphatic heterocycles. The van der Waals surface area contributed by atoms with Gasteiger partial charge in [-0.25, -0.2) is 4.98 Å². The van der Waals surface area contributed by atoms with Crippen molar-refractivity contribution in [2.24, 2.45) is 0 Å². The number of piperazine rings is 1. The van der Waals surface area contributed by atoms with Crippen molar-refractivity contribution in [3.8, 4) is 23.0 Å². The first-order valence-corrected chi connectivity index (χ1v) is 10.1. The highest BCUT2D eigenvalue weighted by molar-refractivity contribution is 5.58. The number of nitrogens with one attached hydrogen (secondary N) is 1. The van der Waals surface area contributed by atoms with Crippen molar-refractivity contribution < 1.29 is 5.84 Å². The standard InChI is InChI=1S/C21H27N7O.H2/c1-4-27-9-11-28(12-10-27)18-14-23-15(2)19(24-18)21-26-25-20(29-21)17-7-5-16(6-8-17)13-22-3;/h5-8,14,22H,4,9-13H2,1-3H3;1H. The summed E-state index contributed by atoms with van der Waals surface area (Å²) in [6, 6.07) is 8.09. The molecule has 1 N–H and O–H groups in total. The number of nitrogens with zero attached hydrogens (tertiary/aromatic N) is 6. The number of likely N-dealkylation sites (N-methyl/N-ethyl adjacent to an activating group) is 1. The van der Waals surface area contributed by atoms with Crippen molar-refractivity contribution >= 4 is 5.82 Å². The first-order valence-electron chi connectivity index (χ1n) is 10.1. The number of rotatable bonds is 6. The number of hydrogen-bond donors (Lipinski definition) is 1. The summed E-state index contributed by atoms with van der Waals surface area (Å²) < 4.78 is 5.95. The Morgan fingerprint density at radius 3 is 2.48 bits per heavy atom. The van der Waals surface area contributed by atoms with Crippen molar-refractivity contribution in [3.63, 3.8) is 0 Å². The fourth-order valence-corrected chi connectivity index (χ4v) is 3.49. The van der Waals surface area contributed by atoms with E-state index in [4.69, 9.17) is 9.40 Å². The van der Waals surface area contributed by atoms with E-state index in [0.717, 1.165) is 56.3 Å². The maximum Gasteiger partial charge on any atom is 0.268 e. The van der Waals surface area contributed by atoms with Gasteiger partial charge in [0.05, 0.1) is 11.9 Å². The molecule has 8 nitrogen and oxygen atoms in total. The molecule has 0 bridgehead atoms. The summed E-state index contributed by atoms with van der Waals surface area (Å²) in [7, 11) is 1.93. The van der Waals surface area contributed by atoms with E-state index in [9.17, 15) is 0 Å². The number of anilines is 1. The lowest BCUT2D eigenvalue weighted by molar-refractivity contribution is 0.270. The zero-order chi connectivity index (χ0) is 20.2. The van der Waals surface area contributed by atoms with Crippen LogP contribution in [0.3, 0.4) is 0 Å². The molecule has 1 saturated heterocycles. The zero-order valence-electron chi connectivity index (χ0n) is 17.2. The summed E-state index contributed by atoms with van der Waals surface area (Å²) in [6.07, 6.45) is 1.83. The molecule has 0 unspecified atom stereocenters. The minimum Gasteiger partial charge on any atom is -0.415 e. The largest absolute Gasteiger partial charge is 0.415 e. The van der Waals surface area contributed by atoms with E-state index >= 15 is 0 Å². The maximum atomic E-state index is 5.95. The summed E-state index contributed by atoms with van der Waals surface area (Å²) in [5, 5.41) is 11.6. The molecule has 0 amide bonds. The number of benzene rings is 1. The molecule has 1 aromatic carbocycles. The molecule has 2 aromatic heterocycles. The van der Waals surface area contributed by atoms with Crippen LogP contribution in [0.15, 0.2) is 34.9 Å². The van der Waals surface area contributed by atoms with Gasteiger partial charge >= 0.3 is 0 Å². The van der Waals surface area contributed by atoms with E-state index in [1.807, 2.05) is 32.3 Å². The maximum absolute atomic E-state index is 5.95. The predicted octanol–water partition coefficient (Wildman–Crippen LogP) is 2.61. The smallest absolute Gasteiger partial charge is 0.268 e. The Morgan fingerprint density at radius 2 is 1.79 bits per heavy atom. The van der Waals surface area contributed by atoms with Crippen molar-refractivity contribution in [3.05, 3.63) is 41.7 Å². The molecule has 1 aliphatic rings. The molecule has 154 valence electrons. The molecule has 0 saturated carbocycles. The van der Waals surface area contributed by atoms with Crippen LogP contribution in [0.4, 0.5) is 5.82 Å². The van der Waals surface area contributed by atoms with Crippen molar-refractivity contribution in [2.75, 3.05) is 44.7 Å². The second-order valence-electron chi connectivity index (χ2n) is 7.22. The van der Waals surface area contributed by atoms with Crippen LogP contribution in [-0.4, -0.2) is 64.8 Å². The summed E-state index contributed by atoms with van der Waals surface area (Å²) in [5.41, 5.74) is 3.51. The Balaban J connectivity index is 0.00000256. The molecule has 0 radical (unpaired) electrons. The van der Waals surface area contributed by atoms with Gasteiger partial charge in [-0.05, 0) is 38.2 Å². The Bertz CT molecular complexity index is 952. The first-order chi connectivity index (χ1) is 14.2. The lowest BCUT2D eigenvalue weighted by Crippen LogP contribution is -2.46. The number of hydrogen-bond acceptors (Lipinski definition) is 8. The van der Waals surface area contributed by atoms with E-state index in [-0.39, 0.29) is 1.43 Å². The Morgan fingerprint density at radius 1 is 1.07 bits per heavy atom. The summed E-state index contributed by atoms with van der Waals surface area (Å²) in [5.74, 6) is 1.75. The zero-order valence-corrected chi connectivity index (χ0v) is 17.2. The van der Waals surface area contributed by atoms with E-state index in [2.05, 4.69) is 49.4 Å². The highest BCUT2D eigenvalue weighted by atomic mass is 16.4. The lowest BCUT2D eigenvalue weighted by atomic mass is 10.1. The first kappa shape index (κ1) is 19.5. The van der Waals surface area contributed by atoms with Crippen LogP contribution in [0.1, 0.15) is 19.6 Å². The van der Waals surface area contributed by atoms with Gasteiger partial charge in [0, 0.05) is 39.7 Å². The van der Waals surface area contributed by atoms with Gasteiger partial charge in [-0.15, -0.1) is 10.2 Å². The monoisotopic (exact) mass is 395 g/mol. The fraction of sp³-hybridized carbons (Fsp3) is 0.429. The van der Waals surface area contributed by atoms with Crippen molar-refractivity contribution in [2.45, 2.75) is 20.4 Å². The highest BCUT2D eigenvalue weighted by Crippen LogP contribution is 2.26. The van der Waals surface area contributed by atoms with Crippen LogP contribution in [-0.2, 0) is 6.54 Å². The van der Waals surface area contributed by atoms with Crippen LogP contribution in [0.25, 0.3) is 23.0 Å². The second-order valence-corrected chi connectivity index (χ2v) is 7.22. The van der Waals surface area contributed by atoms with Crippen LogP contribution < -0.4 is 10.2 Å². The normalized spacial score (nSPS) is 15.1. The van der Waals surface area contributed by atoms with Gasteiger partial charge in [-0.3, -0.25) is 4.98 Å². The van der Waals surface area contributed by atoms with Gasteiger partial charge in [0.25, 0.3) is 5.89 Å². The third kappa shape index (κ3) is 4.28. The minimum atomic E-state index is 0. The second kappa shape index (κ2) is 8.67. The van der Waals surface area contributed by atoms with Crippen LogP contribution in [0.2, 0.25) is 0 Å². The topological polar surface area (TPSA) is 83.2 Å². The van der Waals surface area contributed by atoms with Gasteiger partial charge in [-0.2, -0.15) is 0 Å². The average molecular weight is 396 g/mol.